The van der Waals surface area contributed by atoms with E-state index in [1.165, 1.54) is 15.7 Å². The van der Waals surface area contributed by atoms with Crippen LogP contribution >= 0.6 is 0 Å². The highest BCUT2D eigenvalue weighted by atomic mass is 19.4. The standard InChI is InChI=1S/C19H20F3N5O4/c20-19(21,22)31-6-5-24-16(28)15-8-10-7-14(10)27(15)18(30)25-12-9-26(17(23)29)13-4-2-1-3-11(12)13/h1-4,9-10,14-15H,5-8H2,(H2,23,29)(H,24,28)(H,25,30)/t10-,14-,15+/m1/s1. The molecule has 3 atom stereocenters. The number of hydrogen-bond acceptors (Lipinski definition) is 4. The quantitative estimate of drug-likeness (QED) is 0.619. The Morgan fingerprint density at radius 3 is 2.65 bits per heavy atom. The van der Waals surface area contributed by atoms with Crippen molar-refractivity contribution in [2.75, 3.05) is 18.5 Å². The summed E-state index contributed by atoms with van der Waals surface area (Å²) in [7, 11) is 0. The van der Waals surface area contributed by atoms with Crippen LogP contribution in [0.15, 0.2) is 30.5 Å². The number of nitrogens with zero attached hydrogens (tertiary/aromatic N) is 2. The highest BCUT2D eigenvalue weighted by Crippen LogP contribution is 2.48. The molecule has 2 heterocycles. The summed E-state index contributed by atoms with van der Waals surface area (Å²) in [5.41, 5.74) is 6.27. The second-order valence-corrected chi connectivity index (χ2v) is 7.51. The molecule has 1 aromatic carbocycles. The molecule has 1 saturated carbocycles. The van der Waals surface area contributed by atoms with E-state index in [2.05, 4.69) is 15.4 Å². The number of likely N-dealkylation sites (tertiary alicyclic amines) is 1. The molecule has 4 rings (SSSR count). The van der Waals surface area contributed by atoms with E-state index in [1.54, 1.807) is 24.3 Å². The summed E-state index contributed by atoms with van der Waals surface area (Å²) in [6.07, 6.45) is -2.16. The fourth-order valence-corrected chi connectivity index (χ4v) is 4.08. The van der Waals surface area contributed by atoms with Gasteiger partial charge in [-0.3, -0.25) is 14.1 Å². The van der Waals surface area contributed by atoms with Crippen molar-refractivity contribution in [1.29, 1.82) is 0 Å². The van der Waals surface area contributed by atoms with Gasteiger partial charge in [0.1, 0.15) is 6.04 Å². The number of carbonyl (C=O) groups excluding carboxylic acids is 3. The van der Waals surface area contributed by atoms with Gasteiger partial charge < -0.3 is 21.3 Å². The maximum absolute atomic E-state index is 13.0. The van der Waals surface area contributed by atoms with Crippen LogP contribution in [0.3, 0.4) is 0 Å². The molecule has 1 saturated heterocycles. The van der Waals surface area contributed by atoms with Crippen molar-refractivity contribution in [1.82, 2.24) is 14.8 Å². The first-order valence-electron chi connectivity index (χ1n) is 9.63. The average Bonchev–Trinajstić information content (AvgIpc) is 3.20. The van der Waals surface area contributed by atoms with Crippen molar-refractivity contribution in [3.63, 3.8) is 0 Å². The van der Waals surface area contributed by atoms with E-state index in [9.17, 15) is 27.6 Å². The molecule has 4 amide bonds. The average molecular weight is 439 g/mol. The summed E-state index contributed by atoms with van der Waals surface area (Å²) in [6.45, 7) is -1.04. The van der Waals surface area contributed by atoms with Gasteiger partial charge in [0.05, 0.1) is 17.8 Å². The van der Waals surface area contributed by atoms with E-state index in [0.29, 0.717) is 23.0 Å². The first kappa shape index (κ1) is 21.0. The highest BCUT2D eigenvalue weighted by Gasteiger charge is 2.56. The van der Waals surface area contributed by atoms with Crippen LogP contribution in [0.4, 0.5) is 28.4 Å². The van der Waals surface area contributed by atoms with Crippen LogP contribution in [0.1, 0.15) is 12.8 Å². The number of amides is 4. The number of fused-ring (bicyclic) bond motifs is 2. The fraction of sp³-hybridized carbons (Fsp3) is 0.421. The van der Waals surface area contributed by atoms with Gasteiger partial charge in [-0.05, 0) is 24.8 Å². The van der Waals surface area contributed by atoms with Gasteiger partial charge in [0, 0.05) is 24.2 Å². The third-order valence-electron chi connectivity index (χ3n) is 5.50. The number of urea groups is 1. The molecular formula is C19H20F3N5O4. The molecule has 1 aliphatic heterocycles. The number of rotatable bonds is 5. The molecular weight excluding hydrogens is 419 g/mol. The second-order valence-electron chi connectivity index (χ2n) is 7.51. The van der Waals surface area contributed by atoms with Crippen LogP contribution < -0.4 is 16.4 Å². The van der Waals surface area contributed by atoms with Gasteiger partial charge in [-0.25, -0.2) is 9.59 Å². The Morgan fingerprint density at radius 2 is 1.94 bits per heavy atom. The lowest BCUT2D eigenvalue weighted by atomic mass is 10.1. The Morgan fingerprint density at radius 1 is 1.19 bits per heavy atom. The first-order valence-corrected chi connectivity index (χ1v) is 9.63. The SMILES string of the molecule is NC(=O)n1cc(NC(=O)N2[C@@H]3C[C@@H]3C[C@H]2C(=O)NCCOC(F)(F)F)c2ccccc21. The molecule has 12 heteroatoms. The van der Waals surface area contributed by atoms with E-state index in [4.69, 9.17) is 5.73 Å². The Balaban J connectivity index is 1.45. The second kappa shape index (κ2) is 7.76. The van der Waals surface area contributed by atoms with Crippen molar-refractivity contribution in [2.24, 2.45) is 11.7 Å². The fourth-order valence-electron chi connectivity index (χ4n) is 4.08. The van der Waals surface area contributed by atoms with Crippen molar-refractivity contribution in [3.8, 4) is 0 Å². The molecule has 31 heavy (non-hydrogen) atoms. The Hall–Kier alpha value is -3.28. The largest absolute Gasteiger partial charge is 0.522 e. The number of nitrogens with one attached hydrogen (secondary N) is 2. The Kier molecular flexibility index (Phi) is 5.25. The van der Waals surface area contributed by atoms with E-state index in [1.807, 2.05) is 0 Å². The van der Waals surface area contributed by atoms with Crippen molar-refractivity contribution in [3.05, 3.63) is 30.5 Å². The first-order chi connectivity index (χ1) is 14.7. The molecule has 0 unspecified atom stereocenters. The van der Waals surface area contributed by atoms with Crippen LogP contribution in [0.2, 0.25) is 0 Å². The maximum atomic E-state index is 13.0. The summed E-state index contributed by atoms with van der Waals surface area (Å²) in [5.74, 6) is -0.354. The molecule has 0 spiro atoms. The van der Waals surface area contributed by atoms with Gasteiger partial charge in [-0.2, -0.15) is 0 Å². The zero-order chi connectivity index (χ0) is 22.3. The lowest BCUT2D eigenvalue weighted by molar-refractivity contribution is -0.323. The highest BCUT2D eigenvalue weighted by molar-refractivity contribution is 6.05. The molecule has 0 radical (unpaired) electrons. The van der Waals surface area contributed by atoms with Crippen molar-refractivity contribution in [2.45, 2.75) is 31.3 Å². The van der Waals surface area contributed by atoms with Crippen LogP contribution in [-0.2, 0) is 9.53 Å². The number of primary amides is 1. The number of hydrogen-bond donors (Lipinski definition) is 3. The van der Waals surface area contributed by atoms with E-state index in [-0.39, 0.29) is 18.5 Å². The minimum atomic E-state index is -4.77. The van der Waals surface area contributed by atoms with Gasteiger partial charge in [0.15, 0.2) is 0 Å². The zero-order valence-corrected chi connectivity index (χ0v) is 16.2. The predicted molar refractivity (Wildman–Crippen MR) is 103 cm³/mol. The van der Waals surface area contributed by atoms with Crippen molar-refractivity contribution >= 4 is 34.6 Å². The van der Waals surface area contributed by atoms with E-state index in [0.717, 1.165) is 6.42 Å². The molecule has 1 aromatic heterocycles. The maximum Gasteiger partial charge on any atom is 0.522 e. The molecule has 9 nitrogen and oxygen atoms in total. The minimum absolute atomic E-state index is 0.105. The van der Waals surface area contributed by atoms with Crippen LogP contribution in [0.25, 0.3) is 10.9 Å². The summed E-state index contributed by atoms with van der Waals surface area (Å²) >= 11 is 0. The number of piperidine rings is 1. The lowest BCUT2D eigenvalue weighted by Gasteiger charge is -2.27. The molecule has 2 aliphatic rings. The third-order valence-corrected chi connectivity index (χ3v) is 5.50. The topological polar surface area (TPSA) is 119 Å². The number of alkyl halides is 3. The molecule has 2 aromatic rings. The molecule has 2 fully saturated rings. The number of nitrogens with two attached hydrogens (primary N) is 1. The van der Waals surface area contributed by atoms with Gasteiger partial charge >= 0.3 is 18.4 Å². The summed E-state index contributed by atoms with van der Waals surface area (Å²) < 4.78 is 41.0. The normalized spacial score (nSPS) is 22.3. The summed E-state index contributed by atoms with van der Waals surface area (Å²) in [6, 6.07) is 4.75. The Labute approximate surface area is 174 Å². The van der Waals surface area contributed by atoms with E-state index < -0.39 is 37.0 Å². The monoisotopic (exact) mass is 439 g/mol. The number of ether oxygens (including phenoxy) is 1. The van der Waals surface area contributed by atoms with Crippen molar-refractivity contribution < 1.29 is 32.3 Å². The predicted octanol–water partition coefficient (Wildman–Crippen LogP) is 2.22. The summed E-state index contributed by atoms with van der Waals surface area (Å²) in [4.78, 5) is 38.6. The number of benzene rings is 1. The number of carbonyl (C=O) groups is 3. The van der Waals surface area contributed by atoms with Gasteiger partial charge in [-0.15, -0.1) is 13.2 Å². The van der Waals surface area contributed by atoms with Crippen LogP contribution in [-0.4, -0.2) is 59.0 Å². The van der Waals surface area contributed by atoms with E-state index >= 15 is 0 Å². The third kappa shape index (κ3) is 4.29. The number of para-hydroxylation sites is 1. The van der Waals surface area contributed by atoms with Gasteiger partial charge in [0.2, 0.25) is 5.91 Å². The molecule has 4 N–H and O–H groups in total. The Bertz CT molecular complexity index is 1040. The number of halogens is 3. The van der Waals surface area contributed by atoms with Gasteiger partial charge in [0.25, 0.3) is 0 Å². The van der Waals surface area contributed by atoms with Gasteiger partial charge in [-0.1, -0.05) is 18.2 Å². The molecule has 166 valence electrons. The number of anilines is 1. The van der Waals surface area contributed by atoms with Crippen LogP contribution in [0.5, 0.6) is 0 Å². The summed E-state index contributed by atoms with van der Waals surface area (Å²) in [5, 5.41) is 5.72. The lowest BCUT2D eigenvalue weighted by Crippen LogP contribution is -2.50. The molecule has 0 bridgehead atoms. The molecule has 1 aliphatic carbocycles. The minimum Gasteiger partial charge on any atom is -0.352 e. The number of aromatic nitrogens is 1. The zero-order valence-electron chi connectivity index (χ0n) is 16.2. The van der Waals surface area contributed by atoms with Crippen LogP contribution in [0, 0.1) is 5.92 Å². The smallest absolute Gasteiger partial charge is 0.352 e.